The quantitative estimate of drug-likeness (QED) is 0.386. The first kappa shape index (κ1) is 3.65. The van der Waals surface area contributed by atoms with Gasteiger partial charge in [-0.2, -0.15) is 0 Å². The Kier molecular flexibility index (Phi) is 0.566. The van der Waals surface area contributed by atoms with Crippen molar-refractivity contribution in [3.63, 3.8) is 0 Å². The normalized spacial score (nSPS) is 36.6. The molecule has 7 heavy (non-hydrogen) atoms. The average molecular weight is 96.2 g/mol. The van der Waals surface area contributed by atoms with Gasteiger partial charge < -0.3 is 0 Å². The molecule has 0 amide bonds. The molecule has 1 heteroatoms. The lowest BCUT2D eigenvalue weighted by Crippen LogP contribution is -2.02. The van der Waals surface area contributed by atoms with Gasteiger partial charge in [-0.3, -0.25) is 0 Å². The smallest absolute Gasteiger partial charge is 0.146 e. The molecule has 0 saturated carbocycles. The molecule has 38 valence electrons. The van der Waals surface area contributed by atoms with Crippen LogP contribution in [0.15, 0.2) is 0 Å². The van der Waals surface area contributed by atoms with E-state index in [1.807, 2.05) is 0 Å². The van der Waals surface area contributed by atoms with Gasteiger partial charge in [0.1, 0.15) is 19.3 Å². The summed E-state index contributed by atoms with van der Waals surface area (Å²) in [6.07, 6.45) is 5.16. The minimum Gasteiger partial charge on any atom is -0.239 e. The molecule has 1 unspecified atom stereocenters. The fourth-order valence-electron chi connectivity index (χ4n) is 1.52. The Bertz CT molecular complexity index is 115. The highest BCUT2D eigenvalue weighted by Gasteiger charge is 2.30. The molecule has 0 radical (unpaired) electrons. The van der Waals surface area contributed by atoms with E-state index in [0.29, 0.717) is 0 Å². The molecule has 2 bridgehead atoms. The third-order valence-corrected chi connectivity index (χ3v) is 2.01. The largest absolute Gasteiger partial charge is 0.239 e. The summed E-state index contributed by atoms with van der Waals surface area (Å²) in [6.45, 7) is 2.70. The van der Waals surface area contributed by atoms with Crippen molar-refractivity contribution in [1.29, 1.82) is 0 Å². The lowest BCUT2D eigenvalue weighted by molar-refractivity contribution is -0.498. The van der Waals surface area contributed by atoms with Gasteiger partial charge in [0.2, 0.25) is 0 Å². The third-order valence-electron chi connectivity index (χ3n) is 2.01. The van der Waals surface area contributed by atoms with Gasteiger partial charge in [-0.15, -0.1) is 0 Å². The van der Waals surface area contributed by atoms with E-state index in [4.69, 9.17) is 0 Å². The van der Waals surface area contributed by atoms with E-state index < -0.39 is 0 Å². The summed E-state index contributed by atoms with van der Waals surface area (Å²) in [5, 5.41) is 0. The van der Waals surface area contributed by atoms with Gasteiger partial charge >= 0.3 is 0 Å². The summed E-state index contributed by atoms with van der Waals surface area (Å²) < 4.78 is 2.44. The molecule has 1 saturated heterocycles. The highest BCUT2D eigenvalue weighted by atomic mass is 15.0. The van der Waals surface area contributed by atoms with Gasteiger partial charge in [-0.1, -0.05) is 0 Å². The molecule has 0 aromatic carbocycles. The summed E-state index contributed by atoms with van der Waals surface area (Å²) in [6, 6.07) is 0. The van der Waals surface area contributed by atoms with Gasteiger partial charge in [0.05, 0.1) is 0 Å². The van der Waals surface area contributed by atoms with Crippen molar-refractivity contribution in [3.8, 4) is 0 Å². The van der Waals surface area contributed by atoms with Crippen LogP contribution >= 0.6 is 0 Å². The predicted molar refractivity (Wildman–Crippen MR) is 28.8 cm³/mol. The van der Waals surface area contributed by atoms with Gasteiger partial charge in [0, 0.05) is 18.8 Å². The van der Waals surface area contributed by atoms with Gasteiger partial charge in [-0.25, -0.2) is 4.58 Å². The molecule has 2 rings (SSSR count). The molecule has 0 aliphatic carbocycles. The maximum atomic E-state index is 2.44. The summed E-state index contributed by atoms with van der Waals surface area (Å²) in [5.74, 6) is 1.04. The van der Waals surface area contributed by atoms with Crippen LogP contribution in [0.1, 0.15) is 12.8 Å². The van der Waals surface area contributed by atoms with Crippen LogP contribution in [-0.4, -0.2) is 23.9 Å². The zero-order valence-electron chi connectivity index (χ0n) is 4.43. The van der Waals surface area contributed by atoms with Crippen LogP contribution in [0.2, 0.25) is 0 Å². The molecule has 0 spiro atoms. The highest BCUT2D eigenvalue weighted by molar-refractivity contribution is 5.53. The van der Waals surface area contributed by atoms with Crippen molar-refractivity contribution < 1.29 is 4.58 Å². The summed E-state index contributed by atoms with van der Waals surface area (Å²) in [5.41, 5.74) is 0. The van der Waals surface area contributed by atoms with E-state index in [1.54, 1.807) is 0 Å². The van der Waals surface area contributed by atoms with E-state index in [2.05, 4.69) is 10.8 Å². The summed E-state index contributed by atoms with van der Waals surface area (Å²) >= 11 is 0. The van der Waals surface area contributed by atoms with Crippen LogP contribution < -0.4 is 0 Å². The van der Waals surface area contributed by atoms with Gasteiger partial charge in [-0.05, 0) is 0 Å². The number of nitrogens with zero attached hydrogens (tertiary/aromatic N) is 1. The van der Waals surface area contributed by atoms with Crippen LogP contribution in [0.25, 0.3) is 0 Å². The Hall–Kier alpha value is -0.330. The second-order valence-corrected chi connectivity index (χ2v) is 2.57. The molecule has 2 heterocycles. The molecular formula is C6H10N+. The Labute approximate surface area is 43.7 Å². The lowest BCUT2D eigenvalue weighted by atomic mass is 10.1. The van der Waals surface area contributed by atoms with Gasteiger partial charge in [0.15, 0.2) is 0 Å². The minimum atomic E-state index is 1.04. The van der Waals surface area contributed by atoms with E-state index in [-0.39, 0.29) is 0 Å². The third kappa shape index (κ3) is 0.409. The fourth-order valence-corrected chi connectivity index (χ4v) is 1.52. The van der Waals surface area contributed by atoms with Crippen molar-refractivity contribution in [3.05, 3.63) is 0 Å². The second-order valence-electron chi connectivity index (χ2n) is 2.57. The summed E-state index contributed by atoms with van der Waals surface area (Å²) in [4.78, 5) is 0. The van der Waals surface area contributed by atoms with Crippen LogP contribution in [0.4, 0.5) is 0 Å². The molecule has 2 aliphatic rings. The first-order chi connectivity index (χ1) is 3.45. The first-order valence-corrected chi connectivity index (χ1v) is 3.02. The Balaban J connectivity index is 2.30. The zero-order chi connectivity index (χ0) is 4.69. The minimum absolute atomic E-state index is 1.04. The maximum absolute atomic E-state index is 2.44. The van der Waals surface area contributed by atoms with E-state index in [0.717, 1.165) is 5.92 Å². The van der Waals surface area contributed by atoms with Crippen molar-refractivity contribution in [2.24, 2.45) is 5.92 Å². The zero-order valence-corrected chi connectivity index (χ0v) is 4.43. The molecule has 1 atom stereocenters. The molecular weight excluding hydrogens is 86.1 g/mol. The van der Waals surface area contributed by atoms with Crippen LogP contribution in [0.3, 0.4) is 0 Å². The second kappa shape index (κ2) is 1.09. The Morgan fingerprint density at radius 1 is 1.57 bits per heavy atom. The number of hydrogen-bond acceptors (Lipinski definition) is 0. The average Bonchev–Trinajstić information content (AvgIpc) is 2.22. The van der Waals surface area contributed by atoms with Gasteiger partial charge in [0.25, 0.3) is 0 Å². The van der Waals surface area contributed by atoms with Crippen molar-refractivity contribution in [1.82, 2.24) is 0 Å². The molecule has 0 aromatic heterocycles. The molecule has 0 N–H and O–H groups in total. The molecule has 1 nitrogen and oxygen atoms in total. The lowest BCUT2D eigenvalue weighted by Gasteiger charge is -1.90. The Morgan fingerprint density at radius 2 is 2.57 bits per heavy atom. The van der Waals surface area contributed by atoms with Crippen molar-refractivity contribution in [2.45, 2.75) is 12.8 Å². The standard InChI is InChI=1S/C6H10N/c1-3-7-4-2-6(1)5-7/h3,6H,1-2,4-5H2/q+1. The molecule has 0 aromatic rings. The highest BCUT2D eigenvalue weighted by Crippen LogP contribution is 2.19. The van der Waals surface area contributed by atoms with Crippen molar-refractivity contribution in [2.75, 3.05) is 13.1 Å². The summed E-state index contributed by atoms with van der Waals surface area (Å²) in [7, 11) is 0. The van der Waals surface area contributed by atoms with Crippen LogP contribution in [0, 0.1) is 5.92 Å². The molecule has 2 aliphatic heterocycles. The van der Waals surface area contributed by atoms with Crippen LogP contribution in [0.5, 0.6) is 0 Å². The monoisotopic (exact) mass is 96.1 g/mol. The maximum Gasteiger partial charge on any atom is 0.146 e. The number of rotatable bonds is 0. The number of fused-ring (bicyclic) bond motifs is 2. The number of hydrogen-bond donors (Lipinski definition) is 0. The SMILES string of the molecule is C1=[N+]2CCC(C1)C2. The van der Waals surface area contributed by atoms with Crippen molar-refractivity contribution >= 4 is 6.21 Å². The topological polar surface area (TPSA) is 3.01 Å². The Morgan fingerprint density at radius 3 is 2.71 bits per heavy atom. The van der Waals surface area contributed by atoms with E-state index in [9.17, 15) is 0 Å². The first-order valence-electron chi connectivity index (χ1n) is 3.02. The predicted octanol–water partition coefficient (Wildman–Crippen LogP) is 0.493. The van der Waals surface area contributed by atoms with E-state index in [1.165, 1.54) is 25.9 Å². The molecule has 1 fully saturated rings. The van der Waals surface area contributed by atoms with Crippen LogP contribution in [-0.2, 0) is 0 Å². The van der Waals surface area contributed by atoms with E-state index >= 15 is 0 Å². The fraction of sp³-hybridized carbons (Fsp3) is 0.833.